The number of rotatable bonds is 8. The lowest BCUT2D eigenvalue weighted by molar-refractivity contribution is -0.119. The Kier molecular flexibility index (Phi) is 8.43. The molecule has 2 amide bonds. The Morgan fingerprint density at radius 3 is 2.50 bits per heavy atom. The number of aryl methyl sites for hydroxylation is 1. The van der Waals surface area contributed by atoms with Crippen molar-refractivity contribution in [3.63, 3.8) is 0 Å². The summed E-state index contributed by atoms with van der Waals surface area (Å²) in [5.41, 5.74) is 3.89. The lowest BCUT2D eigenvalue weighted by Crippen LogP contribution is -2.21. The van der Waals surface area contributed by atoms with E-state index in [9.17, 15) is 14.4 Å². The molecule has 0 saturated heterocycles. The second kappa shape index (κ2) is 11.7. The van der Waals surface area contributed by atoms with Crippen LogP contribution in [0.5, 0.6) is 0 Å². The maximum Gasteiger partial charge on any atom is 0.339 e. The average Bonchev–Trinajstić information content (AvgIpc) is 2.84. The molecule has 3 aromatic rings. The molecule has 0 saturated carbocycles. The summed E-state index contributed by atoms with van der Waals surface area (Å²) in [5.74, 6) is -1.32. The molecule has 0 fully saturated rings. The highest BCUT2D eigenvalue weighted by Gasteiger charge is 2.16. The van der Waals surface area contributed by atoms with E-state index in [4.69, 9.17) is 10.00 Å². The number of ether oxygens (including phenoxy) is 1. The normalized spacial score (nSPS) is 10.1. The van der Waals surface area contributed by atoms with E-state index in [-0.39, 0.29) is 17.2 Å². The van der Waals surface area contributed by atoms with Gasteiger partial charge in [-0.05, 0) is 61.4 Å². The van der Waals surface area contributed by atoms with Crippen LogP contribution in [-0.4, -0.2) is 30.1 Å². The van der Waals surface area contributed by atoms with Gasteiger partial charge in [0.1, 0.15) is 0 Å². The van der Waals surface area contributed by atoms with E-state index in [0.29, 0.717) is 21.8 Å². The molecule has 0 atom stereocenters. The topological polar surface area (TPSA) is 108 Å². The third kappa shape index (κ3) is 6.70. The second-order valence-electron chi connectivity index (χ2n) is 7.40. The first-order valence-electron chi connectivity index (χ1n) is 10.4. The molecule has 0 aliphatic rings. The van der Waals surface area contributed by atoms with Crippen LogP contribution in [0.2, 0.25) is 0 Å². The predicted molar refractivity (Wildman–Crippen MR) is 132 cm³/mol. The Hall–Kier alpha value is -4.09. The van der Waals surface area contributed by atoms with Crippen LogP contribution in [0.1, 0.15) is 27.0 Å². The van der Waals surface area contributed by atoms with Gasteiger partial charge in [0, 0.05) is 16.3 Å². The second-order valence-corrected chi connectivity index (χ2v) is 8.41. The fourth-order valence-electron chi connectivity index (χ4n) is 3.05. The van der Waals surface area contributed by atoms with Crippen molar-refractivity contribution in [1.29, 1.82) is 5.26 Å². The van der Waals surface area contributed by atoms with Gasteiger partial charge in [-0.1, -0.05) is 30.3 Å². The highest BCUT2D eigenvalue weighted by Crippen LogP contribution is 2.24. The van der Waals surface area contributed by atoms with Crippen LogP contribution in [0, 0.1) is 25.2 Å². The number of carbonyl (C=O) groups is 3. The summed E-state index contributed by atoms with van der Waals surface area (Å²) in [5, 5.41) is 14.4. The number of hydrogen-bond donors (Lipinski definition) is 2. The maximum absolute atomic E-state index is 12.6. The van der Waals surface area contributed by atoms with Gasteiger partial charge < -0.3 is 15.4 Å². The lowest BCUT2D eigenvalue weighted by Gasteiger charge is -2.12. The van der Waals surface area contributed by atoms with E-state index in [1.165, 1.54) is 11.8 Å². The van der Waals surface area contributed by atoms with Gasteiger partial charge in [0.25, 0.3) is 5.91 Å². The number of hydrogen-bond acceptors (Lipinski definition) is 6. The zero-order valence-electron chi connectivity index (χ0n) is 18.8. The van der Waals surface area contributed by atoms with E-state index in [0.717, 1.165) is 11.1 Å². The Labute approximate surface area is 202 Å². The number of nitriles is 1. The fraction of sp³-hybridized carbons (Fsp3) is 0.154. The summed E-state index contributed by atoms with van der Waals surface area (Å²) in [6.07, 6.45) is 0. The van der Waals surface area contributed by atoms with E-state index in [2.05, 4.69) is 10.6 Å². The number of anilines is 2. The van der Waals surface area contributed by atoms with Crippen LogP contribution >= 0.6 is 11.8 Å². The summed E-state index contributed by atoms with van der Waals surface area (Å²) in [4.78, 5) is 37.7. The standard InChI is InChI=1S/C26H23N3O4S/c1-17-7-5-11-22(18(17)2)29-24(30)15-33-26(32)21-10-3-4-12-23(21)34-16-25(31)28-20-9-6-8-19(13-20)14-27/h3-13H,15-16H2,1-2H3,(H,28,31)(H,29,30). The Morgan fingerprint density at radius 1 is 0.941 bits per heavy atom. The van der Waals surface area contributed by atoms with Crippen molar-refractivity contribution in [2.45, 2.75) is 18.7 Å². The first kappa shape index (κ1) is 24.6. The zero-order valence-corrected chi connectivity index (χ0v) is 19.6. The highest BCUT2D eigenvalue weighted by molar-refractivity contribution is 8.00. The summed E-state index contributed by atoms with van der Waals surface area (Å²) in [6.45, 7) is 3.42. The van der Waals surface area contributed by atoms with Crippen LogP contribution in [0.25, 0.3) is 0 Å². The SMILES string of the molecule is Cc1cccc(NC(=O)COC(=O)c2ccccc2SCC(=O)Nc2cccc(C#N)c2)c1C. The largest absolute Gasteiger partial charge is 0.452 e. The number of carbonyl (C=O) groups excluding carboxylic acids is 3. The molecule has 34 heavy (non-hydrogen) atoms. The third-order valence-corrected chi connectivity index (χ3v) is 6.03. The average molecular weight is 474 g/mol. The minimum absolute atomic E-state index is 0.0498. The Morgan fingerprint density at radius 2 is 1.71 bits per heavy atom. The van der Waals surface area contributed by atoms with Gasteiger partial charge in [0.2, 0.25) is 5.91 Å². The van der Waals surface area contributed by atoms with Crippen molar-refractivity contribution in [2.24, 2.45) is 0 Å². The van der Waals surface area contributed by atoms with E-state index >= 15 is 0 Å². The van der Waals surface area contributed by atoms with Gasteiger partial charge in [0.05, 0.1) is 22.9 Å². The minimum atomic E-state index is -0.652. The molecule has 2 N–H and O–H groups in total. The molecule has 0 aliphatic heterocycles. The Bertz CT molecular complexity index is 1270. The van der Waals surface area contributed by atoms with Gasteiger partial charge in [0.15, 0.2) is 6.61 Å². The monoisotopic (exact) mass is 473 g/mol. The molecule has 0 heterocycles. The summed E-state index contributed by atoms with van der Waals surface area (Å²) in [7, 11) is 0. The van der Waals surface area contributed by atoms with Crippen molar-refractivity contribution >= 4 is 40.9 Å². The summed E-state index contributed by atoms with van der Waals surface area (Å²) >= 11 is 1.17. The minimum Gasteiger partial charge on any atom is -0.452 e. The van der Waals surface area contributed by atoms with Crippen molar-refractivity contribution in [1.82, 2.24) is 0 Å². The molecular weight excluding hydrogens is 450 g/mol. The molecule has 8 heteroatoms. The fourth-order valence-corrected chi connectivity index (χ4v) is 3.89. The van der Waals surface area contributed by atoms with E-state index in [1.54, 1.807) is 54.6 Å². The molecule has 3 rings (SSSR count). The van der Waals surface area contributed by atoms with Crippen LogP contribution in [0.4, 0.5) is 11.4 Å². The maximum atomic E-state index is 12.6. The molecule has 0 aromatic heterocycles. The quantitative estimate of drug-likeness (QED) is 0.363. The smallest absolute Gasteiger partial charge is 0.339 e. The van der Waals surface area contributed by atoms with Crippen molar-refractivity contribution < 1.29 is 19.1 Å². The van der Waals surface area contributed by atoms with Crippen molar-refractivity contribution in [3.05, 3.63) is 89.0 Å². The molecule has 0 spiro atoms. The van der Waals surface area contributed by atoms with Crippen LogP contribution < -0.4 is 10.6 Å². The molecule has 7 nitrogen and oxygen atoms in total. The number of nitrogens with one attached hydrogen (secondary N) is 2. The molecular formula is C26H23N3O4S. The van der Waals surface area contributed by atoms with Gasteiger partial charge in [-0.25, -0.2) is 4.79 Å². The van der Waals surface area contributed by atoms with Crippen LogP contribution in [0.15, 0.2) is 71.6 Å². The third-order valence-electron chi connectivity index (χ3n) is 4.95. The lowest BCUT2D eigenvalue weighted by atomic mass is 10.1. The van der Waals surface area contributed by atoms with Gasteiger partial charge >= 0.3 is 5.97 Å². The van der Waals surface area contributed by atoms with Crippen molar-refractivity contribution in [2.75, 3.05) is 23.0 Å². The molecule has 0 bridgehead atoms. The summed E-state index contributed by atoms with van der Waals surface area (Å²) < 4.78 is 5.21. The molecule has 172 valence electrons. The Balaban J connectivity index is 1.55. The highest BCUT2D eigenvalue weighted by atomic mass is 32.2. The first-order chi connectivity index (χ1) is 16.4. The molecule has 0 aliphatic carbocycles. The van der Waals surface area contributed by atoms with Gasteiger partial charge in [-0.2, -0.15) is 5.26 Å². The van der Waals surface area contributed by atoms with Crippen molar-refractivity contribution in [3.8, 4) is 6.07 Å². The first-order valence-corrected chi connectivity index (χ1v) is 11.4. The predicted octanol–water partition coefficient (Wildman–Crippen LogP) is 4.70. The summed E-state index contributed by atoms with van der Waals surface area (Å²) in [6, 6.07) is 20.9. The number of nitrogens with zero attached hydrogens (tertiary/aromatic N) is 1. The van der Waals surface area contributed by atoms with E-state index < -0.39 is 18.5 Å². The zero-order chi connectivity index (χ0) is 24.5. The number of thioether (sulfide) groups is 1. The number of amides is 2. The number of benzene rings is 3. The van der Waals surface area contributed by atoms with E-state index in [1.807, 2.05) is 32.0 Å². The molecule has 0 radical (unpaired) electrons. The number of esters is 1. The van der Waals surface area contributed by atoms with Gasteiger partial charge in [-0.3, -0.25) is 9.59 Å². The molecule has 3 aromatic carbocycles. The van der Waals surface area contributed by atoms with Crippen LogP contribution in [-0.2, 0) is 14.3 Å². The van der Waals surface area contributed by atoms with Gasteiger partial charge in [-0.15, -0.1) is 11.8 Å². The molecule has 0 unspecified atom stereocenters. The van der Waals surface area contributed by atoms with Crippen LogP contribution in [0.3, 0.4) is 0 Å².